The van der Waals surface area contributed by atoms with Crippen LogP contribution in [0.2, 0.25) is 0 Å². The van der Waals surface area contributed by atoms with Gasteiger partial charge in [0.2, 0.25) is 0 Å². The van der Waals surface area contributed by atoms with E-state index in [1.54, 1.807) is 12.1 Å². The van der Waals surface area contributed by atoms with Gasteiger partial charge in [0.05, 0.1) is 12.0 Å². The first-order valence-electron chi connectivity index (χ1n) is 9.95. The molecule has 1 fully saturated rings. The maximum Gasteiger partial charge on any atom is 0.169 e. The second kappa shape index (κ2) is 10.5. The van der Waals surface area contributed by atoms with Gasteiger partial charge in [0.15, 0.2) is 5.78 Å². The number of hydrogen-bond acceptors (Lipinski definition) is 3. The standard InChI is InChI=1S/C22H32O3/c1-2-3-4-5-6-10-15-19(23)18-14-11-16-20(24)21(18)22(25)17-12-8-7-9-13-17/h7-9,12-13,18,20-21,24H,2-6,10-11,14-16H2,1H3/t18-,20-,21-/m1/s1. The summed E-state index contributed by atoms with van der Waals surface area (Å²) in [6.07, 6.45) is 8.91. The highest BCUT2D eigenvalue weighted by Gasteiger charge is 2.40. The summed E-state index contributed by atoms with van der Waals surface area (Å²) >= 11 is 0. The zero-order chi connectivity index (χ0) is 18.1. The molecule has 2 rings (SSSR count). The fourth-order valence-electron chi connectivity index (χ4n) is 3.95. The third-order valence-electron chi connectivity index (χ3n) is 5.41. The fraction of sp³-hybridized carbons (Fsp3) is 0.636. The van der Waals surface area contributed by atoms with Gasteiger partial charge in [-0.15, -0.1) is 0 Å². The topological polar surface area (TPSA) is 54.4 Å². The van der Waals surface area contributed by atoms with Gasteiger partial charge in [0.1, 0.15) is 5.78 Å². The normalized spacial score (nSPS) is 23.4. The van der Waals surface area contributed by atoms with Crippen LogP contribution >= 0.6 is 0 Å². The number of hydrogen-bond donors (Lipinski definition) is 1. The predicted molar refractivity (Wildman–Crippen MR) is 101 cm³/mol. The number of carbonyl (C=O) groups excluding carboxylic acids is 2. The number of aliphatic hydroxyl groups is 1. The highest BCUT2D eigenvalue weighted by Crippen LogP contribution is 2.34. The van der Waals surface area contributed by atoms with Crippen molar-refractivity contribution in [1.82, 2.24) is 0 Å². The summed E-state index contributed by atoms with van der Waals surface area (Å²) in [5, 5.41) is 10.4. The average molecular weight is 344 g/mol. The molecule has 1 aliphatic rings. The van der Waals surface area contributed by atoms with E-state index in [-0.39, 0.29) is 17.5 Å². The minimum atomic E-state index is -0.694. The molecule has 25 heavy (non-hydrogen) atoms. The Hall–Kier alpha value is -1.48. The van der Waals surface area contributed by atoms with E-state index in [0.29, 0.717) is 18.4 Å². The van der Waals surface area contributed by atoms with Crippen LogP contribution in [0.25, 0.3) is 0 Å². The Labute approximate surface area is 151 Å². The molecule has 138 valence electrons. The Bertz CT molecular complexity index is 537. The van der Waals surface area contributed by atoms with E-state index >= 15 is 0 Å². The summed E-state index contributed by atoms with van der Waals surface area (Å²) in [7, 11) is 0. The lowest BCUT2D eigenvalue weighted by Crippen LogP contribution is -2.41. The summed E-state index contributed by atoms with van der Waals surface area (Å²) in [5.41, 5.74) is 0.603. The van der Waals surface area contributed by atoms with E-state index in [9.17, 15) is 14.7 Å². The van der Waals surface area contributed by atoms with Crippen LogP contribution in [0.1, 0.15) is 81.5 Å². The van der Waals surface area contributed by atoms with E-state index in [1.165, 1.54) is 25.7 Å². The molecule has 1 aromatic carbocycles. The summed E-state index contributed by atoms with van der Waals surface area (Å²) in [6.45, 7) is 2.20. The lowest BCUT2D eigenvalue weighted by Gasteiger charge is -2.33. The van der Waals surface area contributed by atoms with Crippen LogP contribution in [0.4, 0.5) is 0 Å². The van der Waals surface area contributed by atoms with Gasteiger partial charge in [-0.2, -0.15) is 0 Å². The van der Waals surface area contributed by atoms with E-state index < -0.39 is 12.0 Å². The molecule has 0 bridgehead atoms. The quantitative estimate of drug-likeness (QED) is 0.482. The van der Waals surface area contributed by atoms with E-state index in [4.69, 9.17) is 0 Å². The van der Waals surface area contributed by atoms with Crippen LogP contribution in [0.15, 0.2) is 30.3 Å². The molecule has 0 aliphatic heterocycles. The van der Waals surface area contributed by atoms with Gasteiger partial charge in [-0.05, 0) is 19.3 Å². The molecule has 3 atom stereocenters. The third kappa shape index (κ3) is 5.78. The van der Waals surface area contributed by atoms with Crippen molar-refractivity contribution in [3.8, 4) is 0 Å². The van der Waals surface area contributed by atoms with E-state index in [2.05, 4.69) is 6.92 Å². The van der Waals surface area contributed by atoms with E-state index in [0.717, 1.165) is 25.7 Å². The summed E-state index contributed by atoms with van der Waals surface area (Å²) in [6, 6.07) is 9.08. The number of carbonyl (C=O) groups is 2. The Morgan fingerprint density at radius 2 is 1.68 bits per heavy atom. The molecule has 0 aromatic heterocycles. The maximum absolute atomic E-state index is 12.9. The van der Waals surface area contributed by atoms with Crippen molar-refractivity contribution >= 4 is 11.6 Å². The number of rotatable bonds is 10. The Balaban J connectivity index is 1.94. The molecule has 1 aliphatic carbocycles. The van der Waals surface area contributed by atoms with Gasteiger partial charge in [-0.25, -0.2) is 0 Å². The molecule has 3 nitrogen and oxygen atoms in total. The van der Waals surface area contributed by atoms with Gasteiger partial charge in [-0.3, -0.25) is 9.59 Å². The first kappa shape index (κ1) is 19.8. The molecule has 0 heterocycles. The zero-order valence-corrected chi connectivity index (χ0v) is 15.5. The molecule has 1 N–H and O–H groups in total. The molecular formula is C22H32O3. The van der Waals surface area contributed by atoms with Gasteiger partial charge in [0.25, 0.3) is 0 Å². The number of Topliss-reactive ketones (excluding diaryl/α,β-unsaturated/α-hetero) is 2. The maximum atomic E-state index is 12.9. The number of ketones is 2. The van der Waals surface area contributed by atoms with Crippen LogP contribution < -0.4 is 0 Å². The van der Waals surface area contributed by atoms with Crippen molar-refractivity contribution in [2.75, 3.05) is 0 Å². The molecule has 0 amide bonds. The summed E-state index contributed by atoms with van der Waals surface area (Å²) < 4.78 is 0. The number of aliphatic hydroxyl groups excluding tert-OH is 1. The largest absolute Gasteiger partial charge is 0.392 e. The average Bonchev–Trinajstić information content (AvgIpc) is 2.64. The zero-order valence-electron chi connectivity index (χ0n) is 15.5. The molecule has 1 saturated carbocycles. The number of benzene rings is 1. The van der Waals surface area contributed by atoms with Crippen LogP contribution in [-0.4, -0.2) is 22.8 Å². The van der Waals surface area contributed by atoms with Gasteiger partial charge in [-0.1, -0.05) is 75.8 Å². The van der Waals surface area contributed by atoms with Gasteiger partial charge < -0.3 is 5.11 Å². The van der Waals surface area contributed by atoms with Crippen molar-refractivity contribution in [2.45, 2.75) is 77.2 Å². The van der Waals surface area contributed by atoms with Crippen molar-refractivity contribution in [3.05, 3.63) is 35.9 Å². The summed E-state index contributed by atoms with van der Waals surface area (Å²) in [5.74, 6) is -0.784. The minimum absolute atomic E-state index is 0.0749. The second-order valence-electron chi connectivity index (χ2n) is 7.34. The molecule has 0 radical (unpaired) electrons. The highest BCUT2D eigenvalue weighted by atomic mass is 16.3. The molecule has 3 heteroatoms. The first-order chi connectivity index (χ1) is 12.1. The lowest BCUT2D eigenvalue weighted by atomic mass is 9.71. The monoisotopic (exact) mass is 344 g/mol. The lowest BCUT2D eigenvalue weighted by molar-refractivity contribution is -0.127. The van der Waals surface area contributed by atoms with Crippen LogP contribution in [0.3, 0.4) is 0 Å². The van der Waals surface area contributed by atoms with Crippen molar-refractivity contribution in [3.63, 3.8) is 0 Å². The van der Waals surface area contributed by atoms with Crippen molar-refractivity contribution in [1.29, 1.82) is 0 Å². The molecule has 0 saturated heterocycles. The second-order valence-corrected chi connectivity index (χ2v) is 7.34. The highest BCUT2D eigenvalue weighted by molar-refractivity contribution is 6.01. The fourth-order valence-corrected chi connectivity index (χ4v) is 3.95. The smallest absolute Gasteiger partial charge is 0.169 e. The van der Waals surface area contributed by atoms with Crippen molar-refractivity contribution < 1.29 is 14.7 Å². The first-order valence-corrected chi connectivity index (χ1v) is 9.95. The van der Waals surface area contributed by atoms with Crippen LogP contribution in [0, 0.1) is 11.8 Å². The molecule has 0 spiro atoms. The molecule has 1 aromatic rings. The van der Waals surface area contributed by atoms with Crippen LogP contribution in [-0.2, 0) is 4.79 Å². The van der Waals surface area contributed by atoms with Gasteiger partial charge in [0, 0.05) is 17.9 Å². The Morgan fingerprint density at radius 3 is 2.40 bits per heavy atom. The van der Waals surface area contributed by atoms with Crippen LogP contribution in [0.5, 0.6) is 0 Å². The SMILES string of the molecule is CCCCCCCCC(=O)[C@H]1CCC[C@@H](O)[C@@H]1C(=O)c1ccccc1. The summed E-state index contributed by atoms with van der Waals surface area (Å²) in [4.78, 5) is 25.6. The predicted octanol–water partition coefficient (Wildman–Crippen LogP) is 4.97. The van der Waals surface area contributed by atoms with Gasteiger partial charge >= 0.3 is 0 Å². The minimum Gasteiger partial charge on any atom is -0.392 e. The molecule has 0 unspecified atom stereocenters. The Morgan fingerprint density at radius 1 is 1.00 bits per heavy atom. The van der Waals surface area contributed by atoms with E-state index in [1.807, 2.05) is 18.2 Å². The van der Waals surface area contributed by atoms with Crippen molar-refractivity contribution in [2.24, 2.45) is 11.8 Å². The Kier molecular flexibility index (Phi) is 8.33. The third-order valence-corrected chi connectivity index (χ3v) is 5.41. The molecular weight excluding hydrogens is 312 g/mol. The number of unbranched alkanes of at least 4 members (excludes halogenated alkanes) is 5.